The normalized spacial score (nSPS) is 28.9. The van der Waals surface area contributed by atoms with Crippen LogP contribution in [0, 0.1) is 5.92 Å². The Morgan fingerprint density at radius 3 is 3.12 bits per heavy atom. The summed E-state index contributed by atoms with van der Waals surface area (Å²) in [7, 11) is 0. The van der Waals surface area contributed by atoms with Crippen molar-refractivity contribution in [2.75, 3.05) is 26.3 Å². The average molecular weight is 237 g/mol. The Labute approximate surface area is 101 Å². The van der Waals surface area contributed by atoms with E-state index < -0.39 is 0 Å². The molecule has 0 radical (unpaired) electrons. The van der Waals surface area contributed by atoms with Crippen molar-refractivity contribution in [1.82, 2.24) is 15.5 Å². The molecule has 0 spiro atoms. The summed E-state index contributed by atoms with van der Waals surface area (Å²) in [5, 5.41) is 7.44. The molecule has 2 fully saturated rings. The summed E-state index contributed by atoms with van der Waals surface area (Å²) in [6, 6.07) is 0. The van der Waals surface area contributed by atoms with Crippen LogP contribution in [0.4, 0.5) is 0 Å². The molecule has 1 aromatic rings. The summed E-state index contributed by atoms with van der Waals surface area (Å²) in [6.45, 7) is 3.85. The zero-order valence-corrected chi connectivity index (χ0v) is 10.0. The fourth-order valence-electron chi connectivity index (χ4n) is 2.56. The van der Waals surface area contributed by atoms with E-state index in [1.54, 1.807) is 0 Å². The first-order chi connectivity index (χ1) is 8.42. The highest BCUT2D eigenvalue weighted by Gasteiger charge is 2.23. The second kappa shape index (κ2) is 5.14. The highest BCUT2D eigenvalue weighted by molar-refractivity contribution is 4.97. The minimum Gasteiger partial charge on any atom is -0.381 e. The highest BCUT2D eigenvalue weighted by atomic mass is 16.5. The molecular weight excluding hydrogens is 218 g/mol. The van der Waals surface area contributed by atoms with Crippen LogP contribution >= 0.6 is 0 Å². The summed E-state index contributed by atoms with van der Waals surface area (Å²) < 4.78 is 10.6. The SMILES string of the molecule is C1CC(CCc2nc(C3CCOC3)no2)CN1. The van der Waals surface area contributed by atoms with Gasteiger partial charge in [0.15, 0.2) is 5.82 Å². The summed E-state index contributed by atoms with van der Waals surface area (Å²) in [4.78, 5) is 4.48. The molecule has 2 aliphatic heterocycles. The van der Waals surface area contributed by atoms with E-state index >= 15 is 0 Å². The van der Waals surface area contributed by atoms with Crippen LogP contribution in [0.3, 0.4) is 0 Å². The standard InChI is InChI=1S/C12H19N3O2/c1(9-3-5-13-7-9)2-11-14-12(15-17-11)10-4-6-16-8-10/h9-10,13H,1-8H2. The second-order valence-corrected chi connectivity index (χ2v) is 5.00. The summed E-state index contributed by atoms with van der Waals surface area (Å²) in [5.41, 5.74) is 0. The monoisotopic (exact) mass is 237 g/mol. The molecular formula is C12H19N3O2. The molecule has 2 atom stereocenters. The van der Waals surface area contributed by atoms with Crippen LogP contribution in [0.25, 0.3) is 0 Å². The van der Waals surface area contributed by atoms with Crippen molar-refractivity contribution in [3.05, 3.63) is 11.7 Å². The van der Waals surface area contributed by atoms with Gasteiger partial charge in [0.1, 0.15) is 0 Å². The molecule has 0 aromatic carbocycles. The lowest BCUT2D eigenvalue weighted by molar-refractivity contribution is 0.192. The van der Waals surface area contributed by atoms with Crippen LogP contribution in [-0.2, 0) is 11.2 Å². The van der Waals surface area contributed by atoms with Gasteiger partial charge in [-0.2, -0.15) is 4.98 Å². The van der Waals surface area contributed by atoms with Gasteiger partial charge >= 0.3 is 0 Å². The Kier molecular flexibility index (Phi) is 3.38. The van der Waals surface area contributed by atoms with Crippen LogP contribution in [0.1, 0.15) is 36.9 Å². The highest BCUT2D eigenvalue weighted by Crippen LogP contribution is 2.23. The lowest BCUT2D eigenvalue weighted by Crippen LogP contribution is -2.09. The van der Waals surface area contributed by atoms with Gasteiger partial charge < -0.3 is 14.6 Å². The molecule has 2 aliphatic rings. The van der Waals surface area contributed by atoms with Crippen LogP contribution < -0.4 is 5.32 Å². The average Bonchev–Trinajstić information content (AvgIpc) is 3.09. The van der Waals surface area contributed by atoms with E-state index in [1.807, 2.05) is 0 Å². The van der Waals surface area contributed by atoms with E-state index in [0.717, 1.165) is 63.2 Å². The van der Waals surface area contributed by atoms with Gasteiger partial charge in [0, 0.05) is 18.9 Å². The van der Waals surface area contributed by atoms with Crippen molar-refractivity contribution >= 4 is 0 Å². The van der Waals surface area contributed by atoms with Gasteiger partial charge in [-0.15, -0.1) is 0 Å². The number of rotatable bonds is 4. The minimum atomic E-state index is 0.348. The first-order valence-corrected chi connectivity index (χ1v) is 6.53. The smallest absolute Gasteiger partial charge is 0.226 e. The van der Waals surface area contributed by atoms with E-state index in [4.69, 9.17) is 9.26 Å². The fourth-order valence-corrected chi connectivity index (χ4v) is 2.56. The first kappa shape index (κ1) is 11.2. The van der Waals surface area contributed by atoms with Gasteiger partial charge in [-0.3, -0.25) is 0 Å². The van der Waals surface area contributed by atoms with Gasteiger partial charge in [0.2, 0.25) is 5.89 Å². The maximum Gasteiger partial charge on any atom is 0.226 e. The molecule has 2 saturated heterocycles. The number of nitrogens with zero attached hydrogens (tertiary/aromatic N) is 2. The Morgan fingerprint density at radius 1 is 1.35 bits per heavy atom. The predicted molar refractivity (Wildman–Crippen MR) is 61.8 cm³/mol. The van der Waals surface area contributed by atoms with Crippen LogP contribution in [0.15, 0.2) is 4.52 Å². The molecule has 1 N–H and O–H groups in total. The Balaban J connectivity index is 1.52. The maximum atomic E-state index is 5.33. The summed E-state index contributed by atoms with van der Waals surface area (Å²) >= 11 is 0. The summed E-state index contributed by atoms with van der Waals surface area (Å²) in [5.74, 6) is 2.75. The third-order valence-electron chi connectivity index (χ3n) is 3.71. The van der Waals surface area contributed by atoms with E-state index in [1.165, 1.54) is 6.42 Å². The third-order valence-corrected chi connectivity index (χ3v) is 3.71. The number of hydrogen-bond donors (Lipinski definition) is 1. The zero-order chi connectivity index (χ0) is 11.5. The zero-order valence-electron chi connectivity index (χ0n) is 10.0. The van der Waals surface area contributed by atoms with E-state index in [-0.39, 0.29) is 0 Å². The van der Waals surface area contributed by atoms with E-state index in [9.17, 15) is 0 Å². The summed E-state index contributed by atoms with van der Waals surface area (Å²) in [6.07, 6.45) is 4.35. The van der Waals surface area contributed by atoms with E-state index in [0.29, 0.717) is 5.92 Å². The van der Waals surface area contributed by atoms with Crippen molar-refractivity contribution in [2.45, 2.75) is 31.6 Å². The molecule has 17 heavy (non-hydrogen) atoms. The Bertz CT molecular complexity index is 354. The van der Waals surface area contributed by atoms with Gasteiger partial charge in [0.05, 0.1) is 6.61 Å². The topological polar surface area (TPSA) is 60.2 Å². The molecule has 0 saturated carbocycles. The van der Waals surface area contributed by atoms with Gasteiger partial charge in [-0.05, 0) is 38.3 Å². The Morgan fingerprint density at radius 2 is 2.35 bits per heavy atom. The molecule has 0 aliphatic carbocycles. The molecule has 3 heterocycles. The van der Waals surface area contributed by atoms with Crippen LogP contribution in [0.2, 0.25) is 0 Å². The molecule has 0 bridgehead atoms. The molecule has 3 rings (SSSR count). The first-order valence-electron chi connectivity index (χ1n) is 6.53. The largest absolute Gasteiger partial charge is 0.381 e. The van der Waals surface area contributed by atoms with Crippen molar-refractivity contribution in [3.63, 3.8) is 0 Å². The third kappa shape index (κ3) is 2.66. The van der Waals surface area contributed by atoms with Crippen molar-refractivity contribution in [1.29, 1.82) is 0 Å². The van der Waals surface area contributed by atoms with Crippen LogP contribution in [-0.4, -0.2) is 36.4 Å². The molecule has 5 heteroatoms. The number of hydrogen-bond acceptors (Lipinski definition) is 5. The van der Waals surface area contributed by atoms with Gasteiger partial charge in [-0.25, -0.2) is 0 Å². The lowest BCUT2D eigenvalue weighted by atomic mass is 10.0. The van der Waals surface area contributed by atoms with Crippen molar-refractivity contribution in [3.8, 4) is 0 Å². The lowest BCUT2D eigenvalue weighted by Gasteiger charge is -2.04. The van der Waals surface area contributed by atoms with E-state index in [2.05, 4.69) is 15.5 Å². The number of aryl methyl sites for hydroxylation is 1. The maximum absolute atomic E-state index is 5.33. The molecule has 1 aromatic heterocycles. The number of aromatic nitrogens is 2. The van der Waals surface area contributed by atoms with Gasteiger partial charge in [-0.1, -0.05) is 5.16 Å². The van der Waals surface area contributed by atoms with Crippen LogP contribution in [0.5, 0.6) is 0 Å². The fraction of sp³-hybridized carbons (Fsp3) is 0.833. The second-order valence-electron chi connectivity index (χ2n) is 5.00. The number of ether oxygens (including phenoxy) is 1. The molecule has 5 nitrogen and oxygen atoms in total. The quantitative estimate of drug-likeness (QED) is 0.850. The van der Waals surface area contributed by atoms with Crippen molar-refractivity contribution < 1.29 is 9.26 Å². The van der Waals surface area contributed by atoms with Gasteiger partial charge in [0.25, 0.3) is 0 Å². The molecule has 0 amide bonds. The molecule has 94 valence electrons. The predicted octanol–water partition coefficient (Wildman–Crippen LogP) is 1.12. The number of nitrogens with one attached hydrogen (secondary N) is 1. The molecule has 2 unspecified atom stereocenters. The minimum absolute atomic E-state index is 0.348. The van der Waals surface area contributed by atoms with Crippen molar-refractivity contribution in [2.24, 2.45) is 5.92 Å². The Hall–Kier alpha value is -0.940.